The predicted octanol–water partition coefficient (Wildman–Crippen LogP) is 0.735. The first-order valence-electron chi connectivity index (χ1n) is 5.05. The van der Waals surface area contributed by atoms with Crippen LogP contribution in [0.4, 0.5) is 5.13 Å². The summed E-state index contributed by atoms with van der Waals surface area (Å²) in [6.45, 7) is 3.32. The van der Waals surface area contributed by atoms with Crippen LogP contribution in [-0.2, 0) is 0 Å². The Morgan fingerprint density at radius 3 is 3.29 bits per heavy atom. The van der Waals surface area contributed by atoms with Crippen LogP contribution < -0.4 is 10.6 Å². The number of hydrogen-bond acceptors (Lipinski definition) is 6. The van der Waals surface area contributed by atoms with E-state index in [0.29, 0.717) is 0 Å². The highest BCUT2D eigenvalue weighted by molar-refractivity contribution is 7.09. The molecule has 1 unspecified atom stereocenters. The minimum Gasteiger partial charge on any atom is -0.359 e. The molecule has 1 aromatic heterocycles. The molecule has 1 atom stereocenters. The van der Waals surface area contributed by atoms with Crippen LogP contribution in [0.5, 0.6) is 0 Å². The first-order valence-corrected chi connectivity index (χ1v) is 5.82. The Morgan fingerprint density at radius 2 is 2.57 bits per heavy atom. The van der Waals surface area contributed by atoms with E-state index in [1.54, 1.807) is 0 Å². The predicted molar refractivity (Wildman–Crippen MR) is 56.4 cm³/mol. The van der Waals surface area contributed by atoms with E-state index in [9.17, 15) is 0 Å². The van der Waals surface area contributed by atoms with Gasteiger partial charge in [0.25, 0.3) is 0 Å². The molecule has 1 fully saturated rings. The molecule has 0 saturated carbocycles. The molecule has 0 aliphatic carbocycles. The SMILES string of the molecule is C1CNCC(CCNc2nnns2)C1. The molecule has 0 spiro atoms. The molecule has 1 aromatic rings. The molecule has 14 heavy (non-hydrogen) atoms. The molecule has 0 bridgehead atoms. The molecule has 78 valence electrons. The van der Waals surface area contributed by atoms with E-state index in [0.717, 1.165) is 24.1 Å². The van der Waals surface area contributed by atoms with Crippen LogP contribution in [0.1, 0.15) is 19.3 Å². The Hall–Kier alpha value is -0.750. The summed E-state index contributed by atoms with van der Waals surface area (Å²) in [7, 11) is 0. The maximum absolute atomic E-state index is 3.83. The van der Waals surface area contributed by atoms with Crippen molar-refractivity contribution in [1.29, 1.82) is 0 Å². The Balaban J connectivity index is 1.62. The van der Waals surface area contributed by atoms with Crippen molar-refractivity contribution in [2.75, 3.05) is 25.0 Å². The number of piperidine rings is 1. The number of rotatable bonds is 4. The zero-order chi connectivity index (χ0) is 9.64. The summed E-state index contributed by atoms with van der Waals surface area (Å²) in [4.78, 5) is 0. The average Bonchev–Trinajstić information content (AvgIpc) is 2.72. The molecule has 0 radical (unpaired) electrons. The van der Waals surface area contributed by atoms with E-state index in [2.05, 4.69) is 25.4 Å². The lowest BCUT2D eigenvalue weighted by Crippen LogP contribution is -2.30. The summed E-state index contributed by atoms with van der Waals surface area (Å²) in [5.74, 6) is 0.817. The van der Waals surface area contributed by atoms with Crippen molar-refractivity contribution in [3.05, 3.63) is 0 Å². The first kappa shape index (κ1) is 9.79. The molecule has 1 aliphatic heterocycles. The topological polar surface area (TPSA) is 62.7 Å². The summed E-state index contributed by atoms with van der Waals surface area (Å²) in [5.41, 5.74) is 0. The highest BCUT2D eigenvalue weighted by Gasteiger charge is 2.12. The van der Waals surface area contributed by atoms with Crippen LogP contribution in [0.3, 0.4) is 0 Å². The number of aromatic nitrogens is 3. The van der Waals surface area contributed by atoms with E-state index in [1.165, 1.54) is 37.3 Å². The van der Waals surface area contributed by atoms with Gasteiger partial charge in [-0.2, -0.15) is 0 Å². The smallest absolute Gasteiger partial charge is 0.225 e. The number of anilines is 1. The van der Waals surface area contributed by atoms with Gasteiger partial charge < -0.3 is 10.6 Å². The Morgan fingerprint density at radius 1 is 1.57 bits per heavy atom. The summed E-state index contributed by atoms with van der Waals surface area (Å²) >= 11 is 1.31. The zero-order valence-electron chi connectivity index (χ0n) is 8.07. The van der Waals surface area contributed by atoms with E-state index in [1.807, 2.05) is 0 Å². The van der Waals surface area contributed by atoms with Crippen molar-refractivity contribution >= 4 is 16.7 Å². The highest BCUT2D eigenvalue weighted by Crippen LogP contribution is 2.14. The van der Waals surface area contributed by atoms with Gasteiger partial charge in [-0.15, -0.1) is 0 Å². The maximum Gasteiger partial charge on any atom is 0.225 e. The Labute approximate surface area is 87.5 Å². The van der Waals surface area contributed by atoms with Crippen LogP contribution in [0.25, 0.3) is 0 Å². The van der Waals surface area contributed by atoms with Crippen molar-refractivity contribution in [3.8, 4) is 0 Å². The van der Waals surface area contributed by atoms with Crippen LogP contribution in [0.2, 0.25) is 0 Å². The molecule has 6 heteroatoms. The Kier molecular flexibility index (Phi) is 3.64. The van der Waals surface area contributed by atoms with Crippen LogP contribution in [0, 0.1) is 5.92 Å². The third-order valence-corrected chi connectivity index (χ3v) is 3.08. The third kappa shape index (κ3) is 2.88. The van der Waals surface area contributed by atoms with Crippen molar-refractivity contribution < 1.29 is 0 Å². The number of nitrogens with one attached hydrogen (secondary N) is 2. The van der Waals surface area contributed by atoms with Gasteiger partial charge in [0.1, 0.15) is 0 Å². The van der Waals surface area contributed by atoms with E-state index < -0.39 is 0 Å². The highest BCUT2D eigenvalue weighted by atomic mass is 32.1. The normalized spacial score (nSPS) is 22.1. The van der Waals surface area contributed by atoms with Gasteiger partial charge in [-0.3, -0.25) is 0 Å². The first-order chi connectivity index (χ1) is 6.95. The van der Waals surface area contributed by atoms with E-state index in [-0.39, 0.29) is 0 Å². The molecule has 2 rings (SSSR count). The van der Waals surface area contributed by atoms with Crippen LogP contribution in [-0.4, -0.2) is 34.4 Å². The van der Waals surface area contributed by atoms with Crippen molar-refractivity contribution in [3.63, 3.8) is 0 Å². The summed E-state index contributed by atoms with van der Waals surface area (Å²) in [5, 5.41) is 14.8. The third-order valence-electron chi connectivity index (χ3n) is 2.53. The number of nitrogens with zero attached hydrogens (tertiary/aromatic N) is 3. The van der Waals surface area contributed by atoms with Gasteiger partial charge in [0.15, 0.2) is 0 Å². The second-order valence-corrected chi connectivity index (χ2v) is 4.33. The van der Waals surface area contributed by atoms with Crippen LogP contribution in [0.15, 0.2) is 0 Å². The fourth-order valence-electron chi connectivity index (χ4n) is 1.76. The average molecular weight is 213 g/mol. The quantitative estimate of drug-likeness (QED) is 0.772. The summed E-state index contributed by atoms with van der Waals surface area (Å²) < 4.78 is 3.69. The van der Waals surface area contributed by atoms with Gasteiger partial charge in [0, 0.05) is 18.1 Å². The van der Waals surface area contributed by atoms with Crippen molar-refractivity contribution in [2.45, 2.75) is 19.3 Å². The van der Waals surface area contributed by atoms with Crippen molar-refractivity contribution in [2.24, 2.45) is 5.92 Å². The molecule has 0 aromatic carbocycles. The molecule has 1 aliphatic rings. The molecule has 2 N–H and O–H groups in total. The summed E-state index contributed by atoms with van der Waals surface area (Å²) in [6.07, 6.45) is 3.86. The lowest BCUT2D eigenvalue weighted by atomic mass is 9.96. The fraction of sp³-hybridized carbons (Fsp3) is 0.875. The zero-order valence-corrected chi connectivity index (χ0v) is 8.89. The fourth-order valence-corrected chi connectivity index (χ4v) is 2.15. The van der Waals surface area contributed by atoms with Gasteiger partial charge in [-0.25, -0.2) is 0 Å². The minimum absolute atomic E-state index is 0.817. The second kappa shape index (κ2) is 5.21. The molecular weight excluding hydrogens is 198 g/mol. The second-order valence-electron chi connectivity index (χ2n) is 3.60. The van der Waals surface area contributed by atoms with E-state index in [4.69, 9.17) is 0 Å². The summed E-state index contributed by atoms with van der Waals surface area (Å²) in [6, 6.07) is 0. The molecule has 0 amide bonds. The van der Waals surface area contributed by atoms with Crippen molar-refractivity contribution in [1.82, 2.24) is 20.1 Å². The van der Waals surface area contributed by atoms with Gasteiger partial charge in [0.2, 0.25) is 5.13 Å². The van der Waals surface area contributed by atoms with Gasteiger partial charge in [-0.1, -0.05) is 9.59 Å². The lowest BCUT2D eigenvalue weighted by Gasteiger charge is -2.22. The largest absolute Gasteiger partial charge is 0.359 e. The van der Waals surface area contributed by atoms with Gasteiger partial charge in [0.05, 0.1) is 0 Å². The van der Waals surface area contributed by atoms with Gasteiger partial charge in [-0.05, 0) is 43.5 Å². The van der Waals surface area contributed by atoms with Gasteiger partial charge >= 0.3 is 0 Å². The lowest BCUT2D eigenvalue weighted by molar-refractivity contribution is 0.364. The molecule has 5 nitrogen and oxygen atoms in total. The standard InChI is InChI=1S/C8H15N5S/c1-2-7(6-9-4-1)3-5-10-8-11-12-13-14-8/h7,9H,1-6H2,(H,10,11,13). The molecular formula is C8H15N5S. The monoisotopic (exact) mass is 213 g/mol. The maximum atomic E-state index is 3.83. The molecule has 2 heterocycles. The van der Waals surface area contributed by atoms with E-state index >= 15 is 0 Å². The van der Waals surface area contributed by atoms with Crippen LogP contribution >= 0.6 is 11.5 Å². The minimum atomic E-state index is 0.817. The number of hydrogen-bond donors (Lipinski definition) is 2. The molecule has 1 saturated heterocycles. The Bertz CT molecular complexity index is 244.